The number of aliphatic hydroxyl groups is 1. The van der Waals surface area contributed by atoms with Gasteiger partial charge in [0, 0.05) is 19.3 Å². The number of carboxylic acid groups (broad SMARTS) is 1. The fourth-order valence-corrected chi connectivity index (χ4v) is 1.39. The lowest BCUT2D eigenvalue weighted by molar-refractivity contribution is -0.142. The molecule has 19 heavy (non-hydrogen) atoms. The predicted molar refractivity (Wildman–Crippen MR) is 63.3 cm³/mol. The highest BCUT2D eigenvalue weighted by atomic mass is 16.5. The molecular weight excluding hydrogens is 254 g/mol. The number of aryl methyl sites for hydroxylation is 2. The molecule has 0 saturated heterocycles. The molecule has 1 unspecified atom stereocenters. The molecule has 0 aliphatic heterocycles. The van der Waals surface area contributed by atoms with Crippen LogP contribution in [0.2, 0.25) is 0 Å². The van der Waals surface area contributed by atoms with Gasteiger partial charge in [0.05, 0.1) is 6.61 Å². The first-order valence-corrected chi connectivity index (χ1v) is 6.01. The number of hydrogen-bond acceptors (Lipinski definition) is 6. The summed E-state index contributed by atoms with van der Waals surface area (Å²) in [7, 11) is 0. The quantitative estimate of drug-likeness (QED) is 0.582. The minimum Gasteiger partial charge on any atom is -0.480 e. The summed E-state index contributed by atoms with van der Waals surface area (Å²) >= 11 is 0. The Hall–Kier alpha value is -1.96. The maximum atomic E-state index is 11.4. The summed E-state index contributed by atoms with van der Waals surface area (Å²) in [5.74, 6) is -0.832. The summed E-state index contributed by atoms with van der Waals surface area (Å²) in [6.07, 6.45) is 1.87. The standard InChI is InChI=1S/C11H17N3O5/c1-2-3-8-13-10(19-14-8)5-4-9(16)12-7(6-15)11(17)18/h7,15H,2-6H2,1H3,(H,12,16)(H,17,18). The van der Waals surface area contributed by atoms with Crippen molar-refractivity contribution in [2.75, 3.05) is 6.61 Å². The zero-order valence-corrected chi connectivity index (χ0v) is 10.6. The van der Waals surface area contributed by atoms with E-state index in [4.69, 9.17) is 14.7 Å². The van der Waals surface area contributed by atoms with Crippen molar-refractivity contribution in [3.63, 3.8) is 0 Å². The van der Waals surface area contributed by atoms with Crippen LogP contribution in [0.5, 0.6) is 0 Å². The van der Waals surface area contributed by atoms with E-state index < -0.39 is 24.5 Å². The number of carbonyl (C=O) groups excluding carboxylic acids is 1. The van der Waals surface area contributed by atoms with E-state index in [1.165, 1.54) is 0 Å². The van der Waals surface area contributed by atoms with Gasteiger partial charge < -0.3 is 20.1 Å². The molecule has 8 heteroatoms. The lowest BCUT2D eigenvalue weighted by Crippen LogP contribution is -2.43. The van der Waals surface area contributed by atoms with Crippen LogP contribution in [0.4, 0.5) is 0 Å². The Kier molecular flexibility index (Phi) is 5.94. The second kappa shape index (κ2) is 7.47. The smallest absolute Gasteiger partial charge is 0.328 e. The van der Waals surface area contributed by atoms with Crippen LogP contribution in [-0.2, 0) is 22.4 Å². The van der Waals surface area contributed by atoms with Gasteiger partial charge in [-0.05, 0) is 6.42 Å². The molecule has 0 spiro atoms. The van der Waals surface area contributed by atoms with Crippen LogP contribution >= 0.6 is 0 Å². The minimum atomic E-state index is -1.29. The molecule has 0 radical (unpaired) electrons. The average Bonchev–Trinajstić information content (AvgIpc) is 2.81. The molecule has 1 aromatic rings. The van der Waals surface area contributed by atoms with Crippen LogP contribution in [0.15, 0.2) is 4.52 Å². The van der Waals surface area contributed by atoms with Crippen molar-refractivity contribution in [1.29, 1.82) is 0 Å². The highest BCUT2D eigenvalue weighted by Gasteiger charge is 2.19. The summed E-state index contributed by atoms with van der Waals surface area (Å²) < 4.78 is 4.94. The predicted octanol–water partition coefficient (Wildman–Crippen LogP) is -0.484. The second-order valence-corrected chi connectivity index (χ2v) is 4.00. The van der Waals surface area contributed by atoms with E-state index in [1.54, 1.807) is 0 Å². The van der Waals surface area contributed by atoms with Crippen molar-refractivity contribution in [2.24, 2.45) is 0 Å². The maximum absolute atomic E-state index is 11.4. The lowest BCUT2D eigenvalue weighted by Gasteiger charge is -2.10. The summed E-state index contributed by atoms with van der Waals surface area (Å²) in [5.41, 5.74) is 0. The normalized spacial score (nSPS) is 12.1. The molecule has 1 aromatic heterocycles. The largest absolute Gasteiger partial charge is 0.480 e. The van der Waals surface area contributed by atoms with Gasteiger partial charge in [-0.3, -0.25) is 4.79 Å². The lowest BCUT2D eigenvalue weighted by atomic mass is 10.2. The minimum absolute atomic E-state index is 0.0253. The Labute approximate surface area is 109 Å². The number of amides is 1. The van der Waals surface area contributed by atoms with Crippen LogP contribution in [-0.4, -0.2) is 44.9 Å². The molecule has 0 bridgehead atoms. The third-order valence-electron chi connectivity index (χ3n) is 2.37. The van der Waals surface area contributed by atoms with E-state index in [0.717, 1.165) is 6.42 Å². The molecule has 106 valence electrons. The molecular formula is C11H17N3O5. The highest BCUT2D eigenvalue weighted by Crippen LogP contribution is 2.03. The number of carbonyl (C=O) groups is 2. The molecule has 1 heterocycles. The Balaban J connectivity index is 2.38. The van der Waals surface area contributed by atoms with Crippen LogP contribution in [0.25, 0.3) is 0 Å². The summed E-state index contributed by atoms with van der Waals surface area (Å²) in [5, 5.41) is 23.3. The molecule has 0 fully saturated rings. The third kappa shape index (κ3) is 5.04. The van der Waals surface area contributed by atoms with Gasteiger partial charge in [-0.1, -0.05) is 12.1 Å². The first-order chi connectivity index (χ1) is 9.06. The molecule has 1 atom stereocenters. The fourth-order valence-electron chi connectivity index (χ4n) is 1.39. The summed E-state index contributed by atoms with van der Waals surface area (Å²) in [6, 6.07) is -1.29. The second-order valence-electron chi connectivity index (χ2n) is 4.00. The molecule has 1 amide bonds. The highest BCUT2D eigenvalue weighted by molar-refractivity contribution is 5.83. The van der Waals surface area contributed by atoms with Gasteiger partial charge in [-0.2, -0.15) is 4.98 Å². The van der Waals surface area contributed by atoms with E-state index in [1.807, 2.05) is 6.92 Å². The van der Waals surface area contributed by atoms with Crippen LogP contribution < -0.4 is 5.32 Å². The number of aliphatic hydroxyl groups excluding tert-OH is 1. The van der Waals surface area contributed by atoms with Crippen molar-refractivity contribution in [3.8, 4) is 0 Å². The van der Waals surface area contributed by atoms with E-state index in [9.17, 15) is 9.59 Å². The van der Waals surface area contributed by atoms with Crippen LogP contribution in [0.3, 0.4) is 0 Å². The van der Waals surface area contributed by atoms with Crippen molar-refractivity contribution < 1.29 is 24.3 Å². The van der Waals surface area contributed by atoms with Gasteiger partial charge in [0.15, 0.2) is 5.82 Å². The monoisotopic (exact) mass is 271 g/mol. The number of carboxylic acids is 1. The molecule has 0 saturated carbocycles. The number of nitrogens with one attached hydrogen (secondary N) is 1. The maximum Gasteiger partial charge on any atom is 0.328 e. The number of aromatic nitrogens is 2. The molecule has 0 aliphatic rings. The van der Waals surface area contributed by atoms with Crippen LogP contribution in [0, 0.1) is 0 Å². The molecule has 1 rings (SSSR count). The van der Waals surface area contributed by atoms with Crippen molar-refractivity contribution in [3.05, 3.63) is 11.7 Å². The molecule has 0 aliphatic carbocycles. The average molecular weight is 271 g/mol. The van der Waals surface area contributed by atoms with Crippen molar-refractivity contribution in [1.82, 2.24) is 15.5 Å². The Morgan fingerprint density at radius 3 is 2.74 bits per heavy atom. The van der Waals surface area contributed by atoms with Gasteiger partial charge in [-0.15, -0.1) is 0 Å². The SMILES string of the molecule is CCCc1noc(CCC(=O)NC(CO)C(=O)O)n1. The Bertz CT molecular complexity index is 432. The van der Waals surface area contributed by atoms with E-state index >= 15 is 0 Å². The summed E-state index contributed by atoms with van der Waals surface area (Å²) in [4.78, 5) is 26.1. The van der Waals surface area contributed by atoms with E-state index in [2.05, 4.69) is 15.5 Å². The van der Waals surface area contributed by atoms with Gasteiger partial charge in [0.25, 0.3) is 0 Å². The number of nitrogens with zero attached hydrogens (tertiary/aromatic N) is 2. The van der Waals surface area contributed by atoms with E-state index in [-0.39, 0.29) is 12.8 Å². The first kappa shape index (κ1) is 15.1. The zero-order chi connectivity index (χ0) is 14.3. The van der Waals surface area contributed by atoms with Gasteiger partial charge >= 0.3 is 5.97 Å². The number of hydrogen-bond donors (Lipinski definition) is 3. The van der Waals surface area contributed by atoms with Gasteiger partial charge in [0.1, 0.15) is 6.04 Å². The Morgan fingerprint density at radius 2 is 2.16 bits per heavy atom. The molecule has 3 N–H and O–H groups in total. The zero-order valence-electron chi connectivity index (χ0n) is 10.6. The molecule has 0 aromatic carbocycles. The van der Waals surface area contributed by atoms with E-state index in [0.29, 0.717) is 18.1 Å². The van der Waals surface area contributed by atoms with Gasteiger partial charge in [-0.25, -0.2) is 4.79 Å². The van der Waals surface area contributed by atoms with Crippen molar-refractivity contribution >= 4 is 11.9 Å². The summed E-state index contributed by atoms with van der Waals surface area (Å²) in [6.45, 7) is 1.34. The molecule has 8 nitrogen and oxygen atoms in total. The third-order valence-corrected chi connectivity index (χ3v) is 2.37. The fraction of sp³-hybridized carbons (Fsp3) is 0.636. The Morgan fingerprint density at radius 1 is 1.42 bits per heavy atom. The van der Waals surface area contributed by atoms with Gasteiger partial charge in [0.2, 0.25) is 11.8 Å². The number of aliphatic carboxylic acids is 1. The topological polar surface area (TPSA) is 126 Å². The van der Waals surface area contributed by atoms with Crippen molar-refractivity contribution in [2.45, 2.75) is 38.6 Å². The van der Waals surface area contributed by atoms with Crippen LogP contribution in [0.1, 0.15) is 31.5 Å². The number of rotatable bonds is 8. The first-order valence-electron chi connectivity index (χ1n) is 6.01.